The van der Waals surface area contributed by atoms with E-state index >= 15 is 0 Å². The Morgan fingerprint density at radius 3 is 2.86 bits per heavy atom. The van der Waals surface area contributed by atoms with Crippen LogP contribution in [-0.4, -0.2) is 25.4 Å². The van der Waals surface area contributed by atoms with Gasteiger partial charge < -0.3 is 4.74 Å². The molecule has 0 aromatic carbocycles. The largest absolute Gasteiger partial charge is 0.461 e. The fraction of sp³-hybridized carbons (Fsp3) is 0.333. The highest BCUT2D eigenvalue weighted by Crippen LogP contribution is 2.21. The number of rotatable bonds is 3. The standard InChI is InChI=1S/C6H6ClNO4S2/c1-2-12-6(9)5-4(3-13-8-5)14(7,10)11/h3H,2H2,1H3. The molecule has 0 fully saturated rings. The molecule has 0 spiro atoms. The summed E-state index contributed by atoms with van der Waals surface area (Å²) in [5.41, 5.74) is -0.258. The maximum absolute atomic E-state index is 11.2. The molecule has 0 amide bonds. The molecule has 8 heteroatoms. The Balaban J connectivity index is 3.12. The maximum atomic E-state index is 11.2. The van der Waals surface area contributed by atoms with E-state index in [0.29, 0.717) is 0 Å². The van der Waals surface area contributed by atoms with Crippen LogP contribution >= 0.6 is 22.2 Å². The lowest BCUT2D eigenvalue weighted by Crippen LogP contribution is -2.08. The van der Waals surface area contributed by atoms with Crippen LogP contribution in [0.1, 0.15) is 17.4 Å². The van der Waals surface area contributed by atoms with Crippen LogP contribution in [-0.2, 0) is 13.8 Å². The van der Waals surface area contributed by atoms with E-state index in [4.69, 9.17) is 10.7 Å². The van der Waals surface area contributed by atoms with Crippen molar-refractivity contribution in [3.63, 3.8) is 0 Å². The van der Waals surface area contributed by atoms with Gasteiger partial charge in [-0.15, -0.1) is 0 Å². The van der Waals surface area contributed by atoms with Gasteiger partial charge >= 0.3 is 5.97 Å². The van der Waals surface area contributed by atoms with E-state index in [-0.39, 0.29) is 17.2 Å². The summed E-state index contributed by atoms with van der Waals surface area (Å²) < 4.78 is 30.1. The van der Waals surface area contributed by atoms with Crippen molar-refractivity contribution in [1.29, 1.82) is 0 Å². The molecule has 0 unspecified atom stereocenters. The Kier molecular flexibility index (Phi) is 3.46. The third-order valence-corrected chi connectivity index (χ3v) is 3.38. The lowest BCUT2D eigenvalue weighted by atomic mass is 10.4. The molecule has 78 valence electrons. The van der Waals surface area contributed by atoms with Crippen LogP contribution in [0.2, 0.25) is 0 Å². The van der Waals surface area contributed by atoms with Crippen LogP contribution in [0.5, 0.6) is 0 Å². The topological polar surface area (TPSA) is 73.3 Å². The van der Waals surface area contributed by atoms with Gasteiger partial charge in [0.05, 0.1) is 6.61 Å². The number of esters is 1. The molecule has 5 nitrogen and oxygen atoms in total. The van der Waals surface area contributed by atoms with Crippen molar-refractivity contribution in [1.82, 2.24) is 4.37 Å². The molecule has 1 aromatic rings. The summed E-state index contributed by atoms with van der Waals surface area (Å²) in [6, 6.07) is 0. The molecule has 0 aliphatic carbocycles. The molecule has 0 aliphatic rings. The number of hydrogen-bond donors (Lipinski definition) is 0. The molecule has 0 bridgehead atoms. The number of halogens is 1. The van der Waals surface area contributed by atoms with Gasteiger partial charge in [-0.25, -0.2) is 13.2 Å². The van der Waals surface area contributed by atoms with Gasteiger partial charge in [-0.3, -0.25) is 0 Å². The Bertz CT molecular complexity index is 438. The van der Waals surface area contributed by atoms with E-state index < -0.39 is 15.0 Å². The van der Waals surface area contributed by atoms with Crippen LogP contribution in [0.4, 0.5) is 0 Å². The number of nitrogens with zero attached hydrogens (tertiary/aromatic N) is 1. The normalized spacial score (nSPS) is 11.3. The third kappa shape index (κ3) is 2.43. The number of carbonyl (C=O) groups excluding carboxylic acids is 1. The quantitative estimate of drug-likeness (QED) is 0.600. The summed E-state index contributed by atoms with van der Waals surface area (Å²) in [5.74, 6) is -0.784. The molecule has 1 rings (SSSR count). The predicted octanol–water partition coefficient (Wildman–Crippen LogP) is 1.25. The van der Waals surface area contributed by atoms with Crippen LogP contribution in [0, 0.1) is 0 Å². The van der Waals surface area contributed by atoms with E-state index in [1.165, 1.54) is 5.38 Å². The minimum absolute atomic E-state index is 0.151. The van der Waals surface area contributed by atoms with E-state index in [0.717, 1.165) is 11.5 Å². The monoisotopic (exact) mass is 255 g/mol. The van der Waals surface area contributed by atoms with Gasteiger partial charge in [-0.05, 0) is 18.5 Å². The molecular formula is C6H6ClNO4S2. The van der Waals surface area contributed by atoms with Gasteiger partial charge in [-0.2, -0.15) is 4.37 Å². The molecule has 0 saturated heterocycles. The summed E-state index contributed by atoms with van der Waals surface area (Å²) in [7, 11) is 1.15. The van der Waals surface area contributed by atoms with Gasteiger partial charge in [0, 0.05) is 16.1 Å². The number of aromatic nitrogens is 1. The summed E-state index contributed by atoms with van der Waals surface area (Å²) in [6.07, 6.45) is 0. The molecule has 1 aromatic heterocycles. The van der Waals surface area contributed by atoms with E-state index in [2.05, 4.69) is 9.11 Å². The maximum Gasteiger partial charge on any atom is 0.359 e. The van der Waals surface area contributed by atoms with Crippen LogP contribution in [0.15, 0.2) is 10.3 Å². The summed E-state index contributed by atoms with van der Waals surface area (Å²) in [5, 5.41) is 1.19. The van der Waals surface area contributed by atoms with Crippen molar-refractivity contribution in [2.45, 2.75) is 11.8 Å². The fourth-order valence-corrected chi connectivity index (χ4v) is 2.83. The van der Waals surface area contributed by atoms with Crippen molar-refractivity contribution < 1.29 is 17.9 Å². The zero-order chi connectivity index (χ0) is 10.8. The average Bonchev–Trinajstić information content (AvgIpc) is 2.50. The van der Waals surface area contributed by atoms with Crippen LogP contribution < -0.4 is 0 Å². The highest BCUT2D eigenvalue weighted by molar-refractivity contribution is 8.13. The minimum atomic E-state index is -3.93. The van der Waals surface area contributed by atoms with Crippen LogP contribution in [0.25, 0.3) is 0 Å². The fourth-order valence-electron chi connectivity index (χ4n) is 0.738. The lowest BCUT2D eigenvalue weighted by Gasteiger charge is -1.98. The molecule has 14 heavy (non-hydrogen) atoms. The average molecular weight is 256 g/mol. The van der Waals surface area contributed by atoms with Crippen molar-refractivity contribution in [2.75, 3.05) is 6.61 Å². The first-order chi connectivity index (χ1) is 6.46. The summed E-state index contributed by atoms with van der Waals surface area (Å²) in [6.45, 7) is 1.76. The molecule has 0 atom stereocenters. The predicted molar refractivity (Wildman–Crippen MR) is 51.1 cm³/mol. The van der Waals surface area contributed by atoms with Gasteiger partial charge in [0.2, 0.25) is 0 Å². The first-order valence-corrected chi connectivity index (χ1v) is 6.67. The molecular weight excluding hydrogens is 250 g/mol. The van der Waals surface area contributed by atoms with E-state index in [1.54, 1.807) is 6.92 Å². The van der Waals surface area contributed by atoms with Gasteiger partial charge in [-0.1, -0.05) is 0 Å². The Morgan fingerprint density at radius 2 is 2.36 bits per heavy atom. The SMILES string of the molecule is CCOC(=O)c1nscc1S(=O)(=O)Cl. The van der Waals surface area contributed by atoms with E-state index in [9.17, 15) is 13.2 Å². The smallest absolute Gasteiger partial charge is 0.359 e. The van der Waals surface area contributed by atoms with Crippen molar-refractivity contribution in [3.8, 4) is 0 Å². The van der Waals surface area contributed by atoms with Gasteiger partial charge in [0.15, 0.2) is 5.69 Å². The first kappa shape index (κ1) is 11.4. The lowest BCUT2D eigenvalue weighted by molar-refractivity contribution is 0.0516. The summed E-state index contributed by atoms with van der Waals surface area (Å²) >= 11 is 0.833. The molecule has 1 heterocycles. The molecule has 0 aliphatic heterocycles. The van der Waals surface area contributed by atoms with Crippen molar-refractivity contribution in [3.05, 3.63) is 11.1 Å². The van der Waals surface area contributed by atoms with Crippen LogP contribution in [0.3, 0.4) is 0 Å². The Hall–Kier alpha value is -0.660. The zero-order valence-corrected chi connectivity index (χ0v) is 9.45. The van der Waals surface area contributed by atoms with Crippen molar-refractivity contribution in [2.24, 2.45) is 0 Å². The number of carbonyl (C=O) groups is 1. The second-order valence-corrected chi connectivity index (χ2v) is 5.35. The first-order valence-electron chi connectivity index (χ1n) is 3.53. The minimum Gasteiger partial charge on any atom is -0.461 e. The third-order valence-electron chi connectivity index (χ3n) is 1.27. The second-order valence-electron chi connectivity index (χ2n) is 2.19. The summed E-state index contributed by atoms with van der Waals surface area (Å²) in [4.78, 5) is 10.9. The van der Waals surface area contributed by atoms with E-state index in [1.807, 2.05) is 0 Å². The van der Waals surface area contributed by atoms with Gasteiger partial charge in [0.25, 0.3) is 9.05 Å². The molecule has 0 saturated carbocycles. The molecule has 0 radical (unpaired) electrons. The molecule has 0 N–H and O–H groups in total. The second kappa shape index (κ2) is 4.24. The Morgan fingerprint density at radius 1 is 1.71 bits per heavy atom. The number of hydrogen-bond acceptors (Lipinski definition) is 6. The highest BCUT2D eigenvalue weighted by atomic mass is 35.7. The van der Waals surface area contributed by atoms with Crippen molar-refractivity contribution >= 4 is 37.2 Å². The van der Waals surface area contributed by atoms with Gasteiger partial charge in [0.1, 0.15) is 4.90 Å². The Labute approximate surface area is 89.2 Å². The highest BCUT2D eigenvalue weighted by Gasteiger charge is 2.24. The number of ether oxygens (including phenoxy) is 1. The zero-order valence-electron chi connectivity index (χ0n) is 7.06.